The summed E-state index contributed by atoms with van der Waals surface area (Å²) in [5, 5.41) is 0. The van der Waals surface area contributed by atoms with Gasteiger partial charge in [0.05, 0.1) is 11.7 Å². The van der Waals surface area contributed by atoms with E-state index in [-0.39, 0.29) is 5.60 Å². The van der Waals surface area contributed by atoms with Crippen molar-refractivity contribution in [3.8, 4) is 0 Å². The molecule has 84 valence electrons. The molecule has 2 nitrogen and oxygen atoms in total. The molecule has 14 heavy (non-hydrogen) atoms. The molecule has 0 spiro atoms. The van der Waals surface area contributed by atoms with Crippen molar-refractivity contribution in [1.29, 1.82) is 0 Å². The van der Waals surface area contributed by atoms with Gasteiger partial charge in [-0.1, -0.05) is 20.8 Å². The molecule has 0 saturated carbocycles. The maximum atomic E-state index is 6.08. The van der Waals surface area contributed by atoms with Gasteiger partial charge in [0.2, 0.25) is 0 Å². The normalized spacial score (nSPS) is 20.1. The fraction of sp³-hybridized carbons (Fsp3) is 1.00. The predicted molar refractivity (Wildman–Crippen MR) is 60.5 cm³/mol. The van der Waals surface area contributed by atoms with Crippen molar-refractivity contribution < 1.29 is 4.74 Å². The number of likely N-dealkylation sites (tertiary alicyclic amines) is 1. The van der Waals surface area contributed by atoms with Gasteiger partial charge in [0.15, 0.2) is 0 Å². The van der Waals surface area contributed by atoms with E-state index in [9.17, 15) is 0 Å². The van der Waals surface area contributed by atoms with Gasteiger partial charge in [-0.2, -0.15) is 0 Å². The first-order valence-corrected chi connectivity index (χ1v) is 5.83. The van der Waals surface area contributed by atoms with Gasteiger partial charge < -0.3 is 4.74 Å². The summed E-state index contributed by atoms with van der Waals surface area (Å²) in [5.41, 5.74) is 0.0542. The molecule has 1 rings (SSSR count). The maximum Gasteiger partial charge on any atom is 0.0835 e. The molecule has 0 aromatic carbocycles. The molecule has 0 aromatic heterocycles. The number of nitrogens with zero attached hydrogens (tertiary/aromatic N) is 1. The monoisotopic (exact) mass is 199 g/mol. The Bertz CT molecular complexity index is 171. The first-order valence-electron chi connectivity index (χ1n) is 5.83. The lowest BCUT2D eigenvalue weighted by molar-refractivity contribution is -0.137. The van der Waals surface area contributed by atoms with Gasteiger partial charge in [-0.25, -0.2) is 0 Å². The smallest absolute Gasteiger partial charge is 0.0835 e. The van der Waals surface area contributed by atoms with Crippen molar-refractivity contribution in [2.45, 2.75) is 52.7 Å². The van der Waals surface area contributed by atoms with Crippen LogP contribution >= 0.6 is 0 Å². The highest BCUT2D eigenvalue weighted by atomic mass is 16.5. The quantitative estimate of drug-likeness (QED) is 0.674. The van der Waals surface area contributed by atoms with E-state index in [1.165, 1.54) is 0 Å². The Kier molecular flexibility index (Phi) is 3.96. The van der Waals surface area contributed by atoms with Gasteiger partial charge in [-0.3, -0.25) is 4.90 Å². The zero-order valence-corrected chi connectivity index (χ0v) is 10.3. The number of hydrogen-bond acceptors (Lipinski definition) is 2. The number of ether oxygens (including phenoxy) is 1. The SMILES string of the molecule is CCN1CC(OC(C)(C)CC(C)C)C1. The Morgan fingerprint density at radius 3 is 2.36 bits per heavy atom. The van der Waals surface area contributed by atoms with Crippen molar-refractivity contribution in [3.63, 3.8) is 0 Å². The zero-order chi connectivity index (χ0) is 10.8. The van der Waals surface area contributed by atoms with Gasteiger partial charge in [0, 0.05) is 13.1 Å². The van der Waals surface area contributed by atoms with Gasteiger partial charge in [-0.05, 0) is 32.7 Å². The minimum atomic E-state index is 0.0542. The van der Waals surface area contributed by atoms with E-state index < -0.39 is 0 Å². The van der Waals surface area contributed by atoms with Crippen LogP contribution in [0.5, 0.6) is 0 Å². The molecule has 1 fully saturated rings. The third kappa shape index (κ3) is 3.58. The van der Waals surface area contributed by atoms with Crippen LogP contribution in [-0.2, 0) is 4.74 Å². The third-order valence-corrected chi connectivity index (χ3v) is 2.76. The Balaban J connectivity index is 2.23. The molecule has 0 aliphatic carbocycles. The van der Waals surface area contributed by atoms with Crippen LogP contribution in [0.4, 0.5) is 0 Å². The lowest BCUT2D eigenvalue weighted by Crippen LogP contribution is -2.54. The van der Waals surface area contributed by atoms with E-state index >= 15 is 0 Å². The topological polar surface area (TPSA) is 12.5 Å². The molecule has 0 N–H and O–H groups in total. The summed E-state index contributed by atoms with van der Waals surface area (Å²) in [6.45, 7) is 14.5. The minimum Gasteiger partial charge on any atom is -0.370 e. The lowest BCUT2D eigenvalue weighted by atomic mass is 9.95. The van der Waals surface area contributed by atoms with Crippen LogP contribution in [0.3, 0.4) is 0 Å². The highest BCUT2D eigenvalue weighted by molar-refractivity contribution is 4.83. The summed E-state index contributed by atoms with van der Waals surface area (Å²) in [6.07, 6.45) is 1.62. The van der Waals surface area contributed by atoms with E-state index in [2.05, 4.69) is 39.5 Å². The van der Waals surface area contributed by atoms with Crippen molar-refractivity contribution in [1.82, 2.24) is 4.90 Å². The van der Waals surface area contributed by atoms with Crippen molar-refractivity contribution in [3.05, 3.63) is 0 Å². The van der Waals surface area contributed by atoms with E-state index in [1.807, 2.05) is 0 Å². The van der Waals surface area contributed by atoms with E-state index in [4.69, 9.17) is 4.74 Å². The lowest BCUT2D eigenvalue weighted by Gasteiger charge is -2.43. The Labute approximate surface area is 88.6 Å². The molecule has 1 heterocycles. The highest BCUT2D eigenvalue weighted by Crippen LogP contribution is 2.25. The fourth-order valence-corrected chi connectivity index (χ4v) is 2.34. The first kappa shape index (κ1) is 12.0. The number of hydrogen-bond donors (Lipinski definition) is 0. The van der Waals surface area contributed by atoms with Crippen LogP contribution in [0.2, 0.25) is 0 Å². The summed E-state index contributed by atoms with van der Waals surface area (Å²) in [5.74, 6) is 0.715. The van der Waals surface area contributed by atoms with Crippen molar-refractivity contribution in [2.24, 2.45) is 5.92 Å². The Hall–Kier alpha value is -0.0800. The Morgan fingerprint density at radius 2 is 1.93 bits per heavy atom. The van der Waals surface area contributed by atoms with Crippen LogP contribution in [0.1, 0.15) is 41.0 Å². The summed E-state index contributed by atoms with van der Waals surface area (Å²) in [6, 6.07) is 0. The van der Waals surface area contributed by atoms with Crippen molar-refractivity contribution >= 4 is 0 Å². The number of rotatable bonds is 5. The maximum absolute atomic E-state index is 6.08. The summed E-state index contributed by atoms with van der Waals surface area (Å²) >= 11 is 0. The van der Waals surface area contributed by atoms with Gasteiger partial charge in [0.25, 0.3) is 0 Å². The highest BCUT2D eigenvalue weighted by Gasteiger charge is 2.32. The van der Waals surface area contributed by atoms with Gasteiger partial charge in [-0.15, -0.1) is 0 Å². The summed E-state index contributed by atoms with van der Waals surface area (Å²) in [4.78, 5) is 2.41. The van der Waals surface area contributed by atoms with Crippen molar-refractivity contribution in [2.75, 3.05) is 19.6 Å². The van der Waals surface area contributed by atoms with E-state index in [0.717, 1.165) is 26.1 Å². The zero-order valence-electron chi connectivity index (χ0n) is 10.3. The second kappa shape index (κ2) is 4.63. The van der Waals surface area contributed by atoms with Crippen LogP contribution in [-0.4, -0.2) is 36.2 Å². The van der Waals surface area contributed by atoms with Gasteiger partial charge in [0.1, 0.15) is 0 Å². The Morgan fingerprint density at radius 1 is 1.36 bits per heavy atom. The fourth-order valence-electron chi connectivity index (χ4n) is 2.34. The molecule has 1 aliphatic rings. The average molecular weight is 199 g/mol. The standard InChI is InChI=1S/C12H25NO/c1-6-13-8-11(9-13)14-12(4,5)7-10(2)3/h10-11H,6-9H2,1-5H3. The molecule has 0 radical (unpaired) electrons. The summed E-state index contributed by atoms with van der Waals surface area (Å²) in [7, 11) is 0. The van der Waals surface area contributed by atoms with Gasteiger partial charge >= 0.3 is 0 Å². The first-order chi connectivity index (χ1) is 6.43. The second-order valence-corrected chi connectivity index (χ2v) is 5.45. The van der Waals surface area contributed by atoms with E-state index in [1.54, 1.807) is 0 Å². The third-order valence-electron chi connectivity index (χ3n) is 2.76. The van der Waals surface area contributed by atoms with Crippen LogP contribution in [0.15, 0.2) is 0 Å². The van der Waals surface area contributed by atoms with E-state index in [0.29, 0.717) is 12.0 Å². The molecule has 0 unspecified atom stereocenters. The second-order valence-electron chi connectivity index (χ2n) is 5.45. The summed E-state index contributed by atoms with van der Waals surface area (Å²) < 4.78 is 6.08. The molecule has 1 aliphatic heterocycles. The molecule has 0 atom stereocenters. The van der Waals surface area contributed by atoms with Crippen LogP contribution < -0.4 is 0 Å². The predicted octanol–water partition coefficient (Wildman–Crippen LogP) is 2.53. The number of likely N-dealkylation sites (N-methyl/N-ethyl adjacent to an activating group) is 1. The molecule has 0 bridgehead atoms. The molecule has 2 heteroatoms. The molecule has 0 aromatic rings. The molecular formula is C12H25NO. The molecular weight excluding hydrogens is 174 g/mol. The molecule has 0 amide bonds. The van der Waals surface area contributed by atoms with Crippen LogP contribution in [0, 0.1) is 5.92 Å². The minimum absolute atomic E-state index is 0.0542. The average Bonchev–Trinajstić information content (AvgIpc) is 1.93. The largest absolute Gasteiger partial charge is 0.370 e. The molecule has 1 saturated heterocycles. The van der Waals surface area contributed by atoms with Crippen LogP contribution in [0.25, 0.3) is 0 Å².